The van der Waals surface area contributed by atoms with E-state index in [1.165, 1.54) is 13.2 Å². The smallest absolute Gasteiger partial charge is 0.132 e. The van der Waals surface area contributed by atoms with E-state index in [2.05, 4.69) is 0 Å². The highest BCUT2D eigenvalue weighted by molar-refractivity contribution is 5.54. The predicted molar refractivity (Wildman–Crippen MR) is 45.8 cm³/mol. The van der Waals surface area contributed by atoms with Crippen LogP contribution >= 0.6 is 0 Å². The quantitative estimate of drug-likeness (QED) is 0.671. The Kier molecular flexibility index (Phi) is 2.13. The lowest BCUT2D eigenvalue weighted by molar-refractivity contribution is 0.388. The number of benzene rings is 1. The lowest BCUT2D eigenvalue weighted by atomic mass is 10.1. The molecule has 1 aromatic rings. The molecule has 0 heterocycles. The predicted octanol–water partition coefficient (Wildman–Crippen LogP) is 1.72. The third-order valence-corrected chi connectivity index (χ3v) is 1.93. The van der Waals surface area contributed by atoms with E-state index in [1.807, 2.05) is 0 Å². The number of hydrogen-bond donors (Lipinski definition) is 2. The van der Waals surface area contributed by atoms with Crippen LogP contribution in [0.2, 0.25) is 0 Å². The first kappa shape index (κ1) is 8.71. The maximum absolute atomic E-state index is 9.30. The molecule has 0 aromatic heterocycles. The Morgan fingerprint density at radius 2 is 1.50 bits per heavy atom. The van der Waals surface area contributed by atoms with Gasteiger partial charge in [0.05, 0.1) is 7.11 Å². The summed E-state index contributed by atoms with van der Waals surface area (Å²) in [6, 6.07) is 1.31. The minimum absolute atomic E-state index is 0.0509. The molecule has 3 heteroatoms. The van der Waals surface area contributed by atoms with Crippen molar-refractivity contribution in [3.05, 3.63) is 17.2 Å². The van der Waals surface area contributed by atoms with Crippen molar-refractivity contribution in [1.29, 1.82) is 0 Å². The van der Waals surface area contributed by atoms with Gasteiger partial charge in [0.15, 0.2) is 0 Å². The molecular weight excluding hydrogens is 156 g/mol. The van der Waals surface area contributed by atoms with Crippen LogP contribution in [0.5, 0.6) is 17.2 Å². The number of methoxy groups -OCH3 is 1. The number of ether oxygens (including phenoxy) is 1. The number of phenolic OH excluding ortho intramolecular Hbond substituents is 2. The highest BCUT2D eigenvalue weighted by atomic mass is 16.5. The Labute approximate surface area is 71.2 Å². The molecule has 0 fully saturated rings. The molecule has 0 aliphatic carbocycles. The van der Waals surface area contributed by atoms with Crippen molar-refractivity contribution in [2.24, 2.45) is 0 Å². The second-order valence-electron chi connectivity index (χ2n) is 2.70. The average molecular weight is 168 g/mol. The standard InChI is InChI=1S/C9H12O3/c1-5-7(10)4-8(11)6(2)9(5)12-3/h4,10-11H,1-3H3. The molecule has 1 aromatic carbocycles. The van der Waals surface area contributed by atoms with Crippen LogP contribution in [0.25, 0.3) is 0 Å². The van der Waals surface area contributed by atoms with Gasteiger partial charge in [-0.1, -0.05) is 0 Å². The third kappa shape index (κ3) is 1.18. The topological polar surface area (TPSA) is 49.7 Å². The van der Waals surface area contributed by atoms with Crippen LogP contribution in [0.15, 0.2) is 6.07 Å². The molecular formula is C9H12O3. The Balaban J connectivity index is 3.42. The van der Waals surface area contributed by atoms with E-state index in [1.54, 1.807) is 13.8 Å². The molecule has 0 bridgehead atoms. The molecule has 0 aliphatic rings. The summed E-state index contributed by atoms with van der Waals surface area (Å²) in [6.07, 6.45) is 0. The molecule has 2 N–H and O–H groups in total. The molecule has 0 aliphatic heterocycles. The number of rotatable bonds is 1. The lowest BCUT2D eigenvalue weighted by Gasteiger charge is -2.10. The van der Waals surface area contributed by atoms with Crippen LogP contribution in [0.1, 0.15) is 11.1 Å². The van der Waals surface area contributed by atoms with Crippen LogP contribution in [-0.4, -0.2) is 17.3 Å². The zero-order valence-corrected chi connectivity index (χ0v) is 7.38. The summed E-state index contributed by atoms with van der Waals surface area (Å²) >= 11 is 0. The summed E-state index contributed by atoms with van der Waals surface area (Å²) in [6.45, 7) is 3.47. The first-order chi connectivity index (χ1) is 5.57. The maximum Gasteiger partial charge on any atom is 0.132 e. The first-order valence-corrected chi connectivity index (χ1v) is 3.64. The fraction of sp³-hybridized carbons (Fsp3) is 0.333. The molecule has 0 atom stereocenters. The van der Waals surface area contributed by atoms with Crippen LogP contribution in [0.4, 0.5) is 0 Å². The van der Waals surface area contributed by atoms with Gasteiger partial charge in [0, 0.05) is 17.2 Å². The highest BCUT2D eigenvalue weighted by Crippen LogP contribution is 2.36. The summed E-state index contributed by atoms with van der Waals surface area (Å²) < 4.78 is 5.02. The van der Waals surface area contributed by atoms with Gasteiger partial charge in [-0.15, -0.1) is 0 Å². The van der Waals surface area contributed by atoms with Gasteiger partial charge in [0.2, 0.25) is 0 Å². The normalized spacial score (nSPS) is 9.92. The molecule has 3 nitrogen and oxygen atoms in total. The average Bonchev–Trinajstić information content (AvgIpc) is 2.02. The Bertz CT molecular complexity index is 279. The van der Waals surface area contributed by atoms with Crippen molar-refractivity contribution in [2.45, 2.75) is 13.8 Å². The summed E-state index contributed by atoms with van der Waals surface area (Å²) in [5.74, 6) is 0.636. The zero-order chi connectivity index (χ0) is 9.30. The van der Waals surface area contributed by atoms with Gasteiger partial charge in [-0.2, -0.15) is 0 Å². The van der Waals surface area contributed by atoms with Crippen LogP contribution in [0, 0.1) is 13.8 Å². The minimum Gasteiger partial charge on any atom is -0.507 e. The zero-order valence-electron chi connectivity index (χ0n) is 7.38. The van der Waals surface area contributed by atoms with E-state index >= 15 is 0 Å². The van der Waals surface area contributed by atoms with E-state index < -0.39 is 0 Å². The van der Waals surface area contributed by atoms with E-state index in [-0.39, 0.29) is 11.5 Å². The van der Waals surface area contributed by atoms with Crippen molar-refractivity contribution in [1.82, 2.24) is 0 Å². The second kappa shape index (κ2) is 2.93. The molecule has 0 unspecified atom stereocenters. The summed E-state index contributed by atoms with van der Waals surface area (Å²) in [4.78, 5) is 0. The van der Waals surface area contributed by atoms with Crippen molar-refractivity contribution in [2.75, 3.05) is 7.11 Å². The van der Waals surface area contributed by atoms with Gasteiger partial charge in [0.1, 0.15) is 17.2 Å². The van der Waals surface area contributed by atoms with Gasteiger partial charge in [0.25, 0.3) is 0 Å². The fourth-order valence-electron chi connectivity index (χ4n) is 1.17. The second-order valence-corrected chi connectivity index (χ2v) is 2.70. The van der Waals surface area contributed by atoms with Gasteiger partial charge in [-0.05, 0) is 13.8 Å². The number of hydrogen-bond acceptors (Lipinski definition) is 3. The third-order valence-electron chi connectivity index (χ3n) is 1.93. The Morgan fingerprint density at radius 3 is 1.83 bits per heavy atom. The fourth-order valence-corrected chi connectivity index (χ4v) is 1.17. The van der Waals surface area contributed by atoms with E-state index in [0.29, 0.717) is 16.9 Å². The van der Waals surface area contributed by atoms with E-state index in [4.69, 9.17) is 4.74 Å². The maximum atomic E-state index is 9.30. The molecule has 0 radical (unpaired) electrons. The van der Waals surface area contributed by atoms with Crippen LogP contribution in [-0.2, 0) is 0 Å². The van der Waals surface area contributed by atoms with Crippen molar-refractivity contribution < 1.29 is 14.9 Å². The molecule has 0 amide bonds. The summed E-state index contributed by atoms with van der Waals surface area (Å²) in [5.41, 5.74) is 1.29. The van der Waals surface area contributed by atoms with Gasteiger partial charge < -0.3 is 14.9 Å². The van der Waals surface area contributed by atoms with Gasteiger partial charge in [-0.25, -0.2) is 0 Å². The number of phenols is 2. The molecule has 12 heavy (non-hydrogen) atoms. The highest BCUT2D eigenvalue weighted by Gasteiger charge is 2.11. The molecule has 0 saturated heterocycles. The van der Waals surface area contributed by atoms with E-state index in [9.17, 15) is 10.2 Å². The Hall–Kier alpha value is -1.38. The van der Waals surface area contributed by atoms with Gasteiger partial charge >= 0.3 is 0 Å². The van der Waals surface area contributed by atoms with Crippen molar-refractivity contribution in [3.63, 3.8) is 0 Å². The van der Waals surface area contributed by atoms with Crippen molar-refractivity contribution in [3.8, 4) is 17.2 Å². The van der Waals surface area contributed by atoms with Crippen LogP contribution in [0.3, 0.4) is 0 Å². The molecule has 1 rings (SSSR count). The minimum atomic E-state index is 0.0509. The summed E-state index contributed by atoms with van der Waals surface area (Å²) in [7, 11) is 1.51. The monoisotopic (exact) mass is 168 g/mol. The molecule has 0 spiro atoms. The Morgan fingerprint density at radius 1 is 1.08 bits per heavy atom. The summed E-state index contributed by atoms with van der Waals surface area (Å²) in [5, 5.41) is 18.6. The number of aromatic hydroxyl groups is 2. The van der Waals surface area contributed by atoms with Gasteiger partial charge in [-0.3, -0.25) is 0 Å². The van der Waals surface area contributed by atoms with Crippen molar-refractivity contribution >= 4 is 0 Å². The molecule has 0 saturated carbocycles. The molecule has 66 valence electrons. The van der Waals surface area contributed by atoms with Crippen LogP contribution < -0.4 is 4.74 Å². The largest absolute Gasteiger partial charge is 0.507 e. The first-order valence-electron chi connectivity index (χ1n) is 3.64. The SMILES string of the molecule is COc1c(C)c(O)cc(O)c1C. The lowest BCUT2D eigenvalue weighted by Crippen LogP contribution is -1.91. The van der Waals surface area contributed by atoms with E-state index in [0.717, 1.165) is 0 Å².